The summed E-state index contributed by atoms with van der Waals surface area (Å²) >= 11 is 1.83. The first-order chi connectivity index (χ1) is 10.3. The van der Waals surface area contributed by atoms with Crippen LogP contribution in [0, 0.1) is 0 Å². The highest BCUT2D eigenvalue weighted by atomic mass is 32.1. The van der Waals surface area contributed by atoms with Gasteiger partial charge in [0.25, 0.3) is 0 Å². The molecule has 0 aliphatic carbocycles. The maximum atomic E-state index is 4.76. The van der Waals surface area contributed by atoms with Crippen LogP contribution in [0.15, 0.2) is 35.2 Å². The van der Waals surface area contributed by atoms with Crippen LogP contribution in [0.4, 0.5) is 0 Å². The Bertz CT molecular complexity index is 435. The van der Waals surface area contributed by atoms with Crippen LogP contribution in [-0.2, 0) is 0 Å². The first-order valence-corrected chi connectivity index (χ1v) is 8.63. The normalized spacial score (nSPS) is 17.7. The van der Waals surface area contributed by atoms with Gasteiger partial charge in [0, 0.05) is 18.0 Å². The van der Waals surface area contributed by atoms with Crippen LogP contribution in [0.1, 0.15) is 30.7 Å². The summed E-state index contributed by atoms with van der Waals surface area (Å²) in [6, 6.07) is 4.77. The van der Waals surface area contributed by atoms with Crippen molar-refractivity contribution in [2.45, 2.75) is 25.8 Å². The van der Waals surface area contributed by atoms with Crippen LogP contribution in [-0.4, -0.2) is 43.6 Å². The van der Waals surface area contributed by atoms with E-state index in [9.17, 15) is 0 Å². The predicted molar refractivity (Wildman–Crippen MR) is 92.0 cm³/mol. The Morgan fingerprint density at radius 2 is 2.29 bits per heavy atom. The molecule has 5 heteroatoms. The van der Waals surface area contributed by atoms with Crippen molar-refractivity contribution in [2.75, 3.05) is 32.7 Å². The summed E-state index contributed by atoms with van der Waals surface area (Å²) in [5, 5.41) is 8.71. The molecule has 1 aliphatic heterocycles. The van der Waals surface area contributed by atoms with E-state index < -0.39 is 0 Å². The third kappa shape index (κ3) is 4.86. The van der Waals surface area contributed by atoms with Crippen molar-refractivity contribution in [3.05, 3.63) is 35.0 Å². The van der Waals surface area contributed by atoms with E-state index in [0.717, 1.165) is 25.6 Å². The van der Waals surface area contributed by atoms with Gasteiger partial charge in [-0.05, 0) is 44.3 Å². The zero-order valence-corrected chi connectivity index (χ0v) is 13.7. The molecular formula is C16H26N4S. The predicted octanol–water partition coefficient (Wildman–Crippen LogP) is 2.63. The average Bonchev–Trinajstić information content (AvgIpc) is 3.18. The maximum Gasteiger partial charge on any atom is 0.191 e. The smallest absolute Gasteiger partial charge is 0.191 e. The molecule has 0 spiro atoms. The molecule has 2 heterocycles. The molecule has 0 radical (unpaired) electrons. The highest BCUT2D eigenvalue weighted by Gasteiger charge is 2.24. The molecule has 1 atom stereocenters. The fourth-order valence-electron chi connectivity index (χ4n) is 2.61. The number of thiophene rings is 1. The van der Waals surface area contributed by atoms with Gasteiger partial charge in [-0.1, -0.05) is 12.1 Å². The summed E-state index contributed by atoms with van der Waals surface area (Å²) in [4.78, 5) is 8.74. The van der Waals surface area contributed by atoms with Crippen molar-refractivity contribution in [3.8, 4) is 0 Å². The Kier molecular flexibility index (Phi) is 6.76. The van der Waals surface area contributed by atoms with E-state index in [0.29, 0.717) is 6.04 Å². The topological polar surface area (TPSA) is 39.7 Å². The van der Waals surface area contributed by atoms with E-state index >= 15 is 0 Å². The molecule has 1 saturated heterocycles. The van der Waals surface area contributed by atoms with Crippen LogP contribution >= 0.6 is 11.3 Å². The summed E-state index contributed by atoms with van der Waals surface area (Å²) < 4.78 is 0. The van der Waals surface area contributed by atoms with Crippen molar-refractivity contribution < 1.29 is 0 Å². The van der Waals surface area contributed by atoms with Gasteiger partial charge in [-0.3, -0.25) is 9.89 Å². The van der Waals surface area contributed by atoms with Gasteiger partial charge < -0.3 is 10.6 Å². The highest BCUT2D eigenvalue weighted by molar-refractivity contribution is 7.10. The monoisotopic (exact) mass is 306 g/mol. The molecule has 0 amide bonds. The molecule has 1 aromatic heterocycles. The van der Waals surface area contributed by atoms with Crippen LogP contribution in [0.3, 0.4) is 0 Å². The molecule has 0 aromatic carbocycles. The Hall–Kier alpha value is -1.33. The van der Waals surface area contributed by atoms with Gasteiger partial charge in [0.05, 0.1) is 12.6 Å². The number of nitrogens with one attached hydrogen (secondary N) is 2. The molecule has 1 aromatic rings. The minimum atomic E-state index is 0.409. The van der Waals surface area contributed by atoms with E-state index in [4.69, 9.17) is 4.99 Å². The molecule has 2 N–H and O–H groups in total. The largest absolute Gasteiger partial charge is 0.357 e. The Labute approximate surface area is 132 Å². The molecule has 21 heavy (non-hydrogen) atoms. The van der Waals surface area contributed by atoms with Gasteiger partial charge in [-0.25, -0.2) is 0 Å². The third-order valence-corrected chi connectivity index (χ3v) is 4.61. The fourth-order valence-corrected chi connectivity index (χ4v) is 3.46. The van der Waals surface area contributed by atoms with Gasteiger partial charge in [-0.2, -0.15) is 0 Å². The van der Waals surface area contributed by atoms with Crippen molar-refractivity contribution in [3.63, 3.8) is 0 Å². The molecule has 1 unspecified atom stereocenters. The fraction of sp³-hybridized carbons (Fsp3) is 0.562. The number of aliphatic imine (C=N–C) groups is 1. The summed E-state index contributed by atoms with van der Waals surface area (Å²) in [5.41, 5.74) is 0. The number of nitrogens with zero attached hydrogens (tertiary/aromatic N) is 2. The summed E-state index contributed by atoms with van der Waals surface area (Å²) in [6.45, 7) is 10.6. The number of hydrogen-bond donors (Lipinski definition) is 2. The van der Waals surface area contributed by atoms with Crippen molar-refractivity contribution in [1.29, 1.82) is 0 Å². The van der Waals surface area contributed by atoms with E-state index in [1.54, 1.807) is 0 Å². The van der Waals surface area contributed by atoms with E-state index in [-0.39, 0.29) is 0 Å². The van der Waals surface area contributed by atoms with Crippen LogP contribution in [0.25, 0.3) is 0 Å². The maximum absolute atomic E-state index is 4.76. The van der Waals surface area contributed by atoms with Crippen LogP contribution in [0.2, 0.25) is 0 Å². The minimum Gasteiger partial charge on any atom is -0.357 e. The molecule has 0 saturated carbocycles. The molecule has 116 valence electrons. The number of hydrogen-bond acceptors (Lipinski definition) is 3. The first-order valence-electron chi connectivity index (χ1n) is 7.75. The quantitative estimate of drug-likeness (QED) is 0.462. The zero-order chi connectivity index (χ0) is 14.9. The summed E-state index contributed by atoms with van der Waals surface area (Å²) in [6.07, 6.45) is 4.46. The summed E-state index contributed by atoms with van der Waals surface area (Å²) in [7, 11) is 0. The number of guanidine groups is 1. The number of likely N-dealkylation sites (tertiary alicyclic amines) is 1. The summed E-state index contributed by atoms with van der Waals surface area (Å²) in [5.74, 6) is 0.873. The van der Waals surface area contributed by atoms with E-state index in [2.05, 4.69) is 46.5 Å². The Morgan fingerprint density at radius 3 is 2.90 bits per heavy atom. The number of rotatable bonds is 7. The third-order valence-electron chi connectivity index (χ3n) is 3.63. The second kappa shape index (κ2) is 8.85. The van der Waals surface area contributed by atoms with Gasteiger partial charge in [0.2, 0.25) is 0 Å². The van der Waals surface area contributed by atoms with Crippen molar-refractivity contribution in [1.82, 2.24) is 15.5 Å². The first kappa shape index (κ1) is 16.0. The van der Waals surface area contributed by atoms with Crippen LogP contribution < -0.4 is 10.6 Å². The Morgan fingerprint density at radius 1 is 1.48 bits per heavy atom. The molecule has 0 bridgehead atoms. The lowest BCUT2D eigenvalue weighted by Gasteiger charge is -2.25. The molecule has 1 fully saturated rings. The van der Waals surface area contributed by atoms with Gasteiger partial charge >= 0.3 is 0 Å². The van der Waals surface area contributed by atoms with E-state index in [1.807, 2.05) is 17.4 Å². The lowest BCUT2D eigenvalue weighted by Crippen LogP contribution is -2.38. The van der Waals surface area contributed by atoms with Gasteiger partial charge in [-0.15, -0.1) is 17.9 Å². The van der Waals surface area contributed by atoms with Gasteiger partial charge in [0.1, 0.15) is 0 Å². The molecule has 1 aliphatic rings. The highest BCUT2D eigenvalue weighted by Crippen LogP contribution is 2.28. The van der Waals surface area contributed by atoms with E-state index in [1.165, 1.54) is 30.8 Å². The second-order valence-electron chi connectivity index (χ2n) is 5.16. The van der Waals surface area contributed by atoms with Crippen LogP contribution in [0.5, 0.6) is 0 Å². The molecule has 4 nitrogen and oxygen atoms in total. The van der Waals surface area contributed by atoms with Gasteiger partial charge in [0.15, 0.2) is 5.96 Å². The standard InChI is InChI=1S/C16H26N4S/c1-3-9-18-16(17-4-2)19-13-14(15-8-7-12-21-15)20-10-5-6-11-20/h3,7-8,12,14H,1,4-6,9-11,13H2,2H3,(H2,17,18,19). The van der Waals surface area contributed by atoms with Crippen molar-refractivity contribution >= 4 is 17.3 Å². The van der Waals surface area contributed by atoms with Crippen molar-refractivity contribution in [2.24, 2.45) is 4.99 Å². The molecular weight excluding hydrogens is 280 g/mol. The SMILES string of the molecule is C=CCNC(=NCC(c1cccs1)N1CCCC1)NCC. The second-order valence-corrected chi connectivity index (χ2v) is 6.14. The lowest BCUT2D eigenvalue weighted by molar-refractivity contribution is 0.255. The Balaban J connectivity index is 2.04. The lowest BCUT2D eigenvalue weighted by atomic mass is 10.2. The minimum absolute atomic E-state index is 0.409. The molecule has 2 rings (SSSR count). The average molecular weight is 306 g/mol. The zero-order valence-electron chi connectivity index (χ0n) is 12.8.